The zero-order valence-corrected chi connectivity index (χ0v) is 14.3. The van der Waals surface area contributed by atoms with Crippen molar-refractivity contribution in [2.24, 2.45) is 0 Å². The minimum absolute atomic E-state index is 0.0749. The van der Waals surface area contributed by atoms with Gasteiger partial charge < -0.3 is 14.5 Å². The van der Waals surface area contributed by atoms with Crippen LogP contribution in [0.4, 0.5) is 10.1 Å². The number of pyridine rings is 1. The third-order valence-corrected chi connectivity index (χ3v) is 3.98. The number of rotatable bonds is 4. The van der Waals surface area contributed by atoms with Crippen LogP contribution in [-0.2, 0) is 0 Å². The quantitative estimate of drug-likeness (QED) is 0.585. The minimum atomic E-state index is -0.608. The van der Waals surface area contributed by atoms with Crippen molar-refractivity contribution >= 4 is 22.8 Å². The van der Waals surface area contributed by atoms with Gasteiger partial charge >= 0.3 is 0 Å². The molecule has 2 heterocycles. The Hall–Kier alpha value is -3.74. The molecule has 1 amide bonds. The van der Waals surface area contributed by atoms with Crippen LogP contribution in [0.2, 0.25) is 0 Å². The average molecular weight is 363 g/mol. The summed E-state index contributed by atoms with van der Waals surface area (Å²) in [5.41, 5.74) is 2.28. The molecule has 0 aliphatic carbocycles. The lowest BCUT2D eigenvalue weighted by Gasteiger charge is -2.09. The van der Waals surface area contributed by atoms with E-state index >= 15 is 0 Å². The fraction of sp³-hybridized carbons (Fsp3) is 0.0500. The molecule has 0 bridgehead atoms. The zero-order valence-electron chi connectivity index (χ0n) is 14.3. The first-order valence-electron chi connectivity index (χ1n) is 8.11. The maximum atomic E-state index is 13.9. The topological polar surface area (TPSA) is 77.2 Å². The number of oxazole rings is 1. The molecule has 7 heteroatoms. The van der Waals surface area contributed by atoms with E-state index < -0.39 is 11.7 Å². The summed E-state index contributed by atoms with van der Waals surface area (Å²) in [4.78, 5) is 21.0. The minimum Gasteiger partial charge on any atom is -0.494 e. The number of para-hydroxylation sites is 1. The highest BCUT2D eigenvalue weighted by Gasteiger charge is 2.16. The van der Waals surface area contributed by atoms with Gasteiger partial charge in [-0.15, -0.1) is 0 Å². The lowest BCUT2D eigenvalue weighted by Crippen LogP contribution is -2.13. The van der Waals surface area contributed by atoms with Gasteiger partial charge in [-0.2, -0.15) is 4.98 Å². The Morgan fingerprint density at radius 1 is 1.15 bits per heavy atom. The van der Waals surface area contributed by atoms with Crippen LogP contribution in [0.1, 0.15) is 10.4 Å². The van der Waals surface area contributed by atoms with Crippen LogP contribution in [0.3, 0.4) is 0 Å². The van der Waals surface area contributed by atoms with E-state index in [4.69, 9.17) is 9.15 Å². The normalized spacial score (nSPS) is 10.7. The molecule has 2 aromatic heterocycles. The van der Waals surface area contributed by atoms with E-state index in [1.165, 1.54) is 19.2 Å². The van der Waals surface area contributed by atoms with Gasteiger partial charge in [-0.3, -0.25) is 4.79 Å². The number of methoxy groups -OCH3 is 1. The van der Waals surface area contributed by atoms with E-state index in [-0.39, 0.29) is 11.3 Å². The highest BCUT2D eigenvalue weighted by Crippen LogP contribution is 2.30. The van der Waals surface area contributed by atoms with Crippen molar-refractivity contribution in [3.8, 4) is 17.2 Å². The average Bonchev–Trinajstić information content (AvgIpc) is 3.12. The van der Waals surface area contributed by atoms with E-state index in [0.717, 1.165) is 6.07 Å². The number of carbonyl (C=O) groups excluding carboxylic acids is 1. The second kappa shape index (κ2) is 6.87. The summed E-state index contributed by atoms with van der Waals surface area (Å²) in [5.74, 6) is -0.659. The second-order valence-corrected chi connectivity index (χ2v) is 5.69. The van der Waals surface area contributed by atoms with E-state index in [2.05, 4.69) is 15.3 Å². The second-order valence-electron chi connectivity index (χ2n) is 5.69. The monoisotopic (exact) mass is 363 g/mol. The van der Waals surface area contributed by atoms with Gasteiger partial charge in [-0.1, -0.05) is 12.1 Å². The third kappa shape index (κ3) is 3.22. The summed E-state index contributed by atoms with van der Waals surface area (Å²) in [6.45, 7) is 0. The lowest BCUT2D eigenvalue weighted by atomic mass is 10.1. The first-order valence-corrected chi connectivity index (χ1v) is 8.11. The number of aromatic nitrogens is 2. The number of nitrogens with one attached hydrogen (secondary N) is 1. The number of carbonyl (C=O) groups is 1. The van der Waals surface area contributed by atoms with Gasteiger partial charge in [-0.25, -0.2) is 9.37 Å². The van der Waals surface area contributed by atoms with Crippen molar-refractivity contribution in [2.45, 2.75) is 0 Å². The number of amides is 1. The molecule has 0 saturated heterocycles. The summed E-state index contributed by atoms with van der Waals surface area (Å²) < 4.78 is 24.5. The number of benzene rings is 2. The smallest absolute Gasteiger partial charge is 0.255 e. The largest absolute Gasteiger partial charge is 0.494 e. The van der Waals surface area contributed by atoms with Gasteiger partial charge in [-0.05, 0) is 42.5 Å². The summed E-state index contributed by atoms with van der Waals surface area (Å²) >= 11 is 0. The van der Waals surface area contributed by atoms with Crippen molar-refractivity contribution < 1.29 is 18.3 Å². The highest BCUT2D eigenvalue weighted by atomic mass is 19.1. The van der Waals surface area contributed by atoms with Crippen LogP contribution in [0.15, 0.2) is 65.2 Å². The highest BCUT2D eigenvalue weighted by molar-refractivity contribution is 6.06. The van der Waals surface area contributed by atoms with Crippen LogP contribution in [0.25, 0.3) is 22.7 Å². The van der Waals surface area contributed by atoms with Gasteiger partial charge in [0, 0.05) is 11.8 Å². The van der Waals surface area contributed by atoms with E-state index in [0.29, 0.717) is 28.4 Å². The maximum absolute atomic E-state index is 13.9. The van der Waals surface area contributed by atoms with E-state index in [9.17, 15) is 9.18 Å². The van der Waals surface area contributed by atoms with Crippen LogP contribution in [0, 0.1) is 5.82 Å². The van der Waals surface area contributed by atoms with Crippen molar-refractivity contribution in [1.82, 2.24) is 9.97 Å². The van der Waals surface area contributed by atoms with E-state index in [1.807, 2.05) is 0 Å². The molecule has 4 rings (SSSR count). The molecule has 134 valence electrons. The molecule has 0 aliphatic rings. The first kappa shape index (κ1) is 16.7. The first-order chi connectivity index (χ1) is 13.2. The lowest BCUT2D eigenvalue weighted by molar-refractivity contribution is 0.102. The molecule has 0 radical (unpaired) electrons. The third-order valence-electron chi connectivity index (χ3n) is 3.98. The van der Waals surface area contributed by atoms with Crippen molar-refractivity contribution in [3.63, 3.8) is 0 Å². The summed E-state index contributed by atoms with van der Waals surface area (Å²) in [6, 6.07) is 14.6. The van der Waals surface area contributed by atoms with Crippen LogP contribution in [0.5, 0.6) is 5.75 Å². The number of halogens is 1. The molecule has 4 aromatic rings. The predicted molar refractivity (Wildman–Crippen MR) is 98.1 cm³/mol. The molecule has 27 heavy (non-hydrogen) atoms. The Labute approximate surface area is 153 Å². The Morgan fingerprint density at radius 3 is 2.78 bits per heavy atom. The predicted octanol–water partition coefficient (Wildman–Crippen LogP) is 4.29. The van der Waals surface area contributed by atoms with Gasteiger partial charge in [0.05, 0.1) is 18.4 Å². The molecule has 0 aliphatic heterocycles. The molecule has 0 unspecified atom stereocenters. The number of hydrogen-bond acceptors (Lipinski definition) is 5. The number of anilines is 1. The van der Waals surface area contributed by atoms with Gasteiger partial charge in [0.25, 0.3) is 5.91 Å². The Morgan fingerprint density at radius 2 is 2.00 bits per heavy atom. The summed E-state index contributed by atoms with van der Waals surface area (Å²) in [7, 11) is 1.36. The SMILES string of the molecule is COc1ccc(C(=O)Nc2ccccc2-c2nc3ncccc3o2)cc1F. The van der Waals surface area contributed by atoms with Crippen LogP contribution < -0.4 is 10.1 Å². The number of ether oxygens (including phenoxy) is 1. The zero-order chi connectivity index (χ0) is 18.8. The summed E-state index contributed by atoms with van der Waals surface area (Å²) in [5, 5.41) is 2.77. The molecule has 2 aromatic carbocycles. The Balaban J connectivity index is 1.67. The molecule has 0 fully saturated rings. The maximum Gasteiger partial charge on any atom is 0.255 e. The molecule has 1 N–H and O–H groups in total. The van der Waals surface area contributed by atoms with Crippen LogP contribution >= 0.6 is 0 Å². The summed E-state index contributed by atoms with van der Waals surface area (Å²) in [6.07, 6.45) is 1.63. The van der Waals surface area contributed by atoms with Crippen molar-refractivity contribution in [3.05, 3.63) is 72.2 Å². The van der Waals surface area contributed by atoms with Crippen LogP contribution in [-0.4, -0.2) is 23.0 Å². The molecule has 0 atom stereocenters. The molecule has 6 nitrogen and oxygen atoms in total. The molecular weight excluding hydrogens is 349 g/mol. The number of nitrogens with zero attached hydrogens (tertiary/aromatic N) is 2. The fourth-order valence-electron chi connectivity index (χ4n) is 2.66. The van der Waals surface area contributed by atoms with E-state index in [1.54, 1.807) is 42.6 Å². The number of fused-ring (bicyclic) bond motifs is 1. The molecule has 0 spiro atoms. The van der Waals surface area contributed by atoms with Gasteiger partial charge in [0.2, 0.25) is 5.89 Å². The van der Waals surface area contributed by atoms with Gasteiger partial charge in [0.15, 0.2) is 22.8 Å². The molecule has 0 saturated carbocycles. The fourth-order valence-corrected chi connectivity index (χ4v) is 2.66. The van der Waals surface area contributed by atoms with Gasteiger partial charge in [0.1, 0.15) is 0 Å². The molecular formula is C20H14FN3O3. The Bertz CT molecular complexity index is 1110. The number of hydrogen-bond donors (Lipinski definition) is 1. The van der Waals surface area contributed by atoms with Crippen molar-refractivity contribution in [2.75, 3.05) is 12.4 Å². The Kier molecular flexibility index (Phi) is 4.25. The van der Waals surface area contributed by atoms with Crippen molar-refractivity contribution in [1.29, 1.82) is 0 Å². The standard InChI is InChI=1S/C20H14FN3O3/c1-26-16-9-8-12(11-14(16)21)19(25)23-15-6-3-2-5-13(15)20-24-18-17(27-20)7-4-10-22-18/h2-11H,1H3,(H,23,25).